The lowest BCUT2D eigenvalue weighted by atomic mass is 9.84. The molecule has 0 spiro atoms. The Morgan fingerprint density at radius 3 is 2.77 bits per heavy atom. The molecule has 0 radical (unpaired) electrons. The standard InChI is InChI=1S/C16H23ClN2O2.ClH/c1-11(12-5-7-18-8-6-12)9-16(20)19-14-10-13(17)3-4-15(14)21-2;/h3-4,10-12,18H,5-9H2,1-2H3,(H,19,20);1H. The number of rotatable bonds is 5. The Hall–Kier alpha value is -0.970. The fraction of sp³-hybridized carbons (Fsp3) is 0.562. The van der Waals surface area contributed by atoms with Crippen molar-refractivity contribution >= 4 is 35.6 Å². The molecular weight excluding hydrogens is 323 g/mol. The maximum Gasteiger partial charge on any atom is 0.224 e. The molecule has 4 nitrogen and oxygen atoms in total. The van der Waals surface area contributed by atoms with Gasteiger partial charge in [-0.1, -0.05) is 18.5 Å². The number of benzene rings is 1. The molecule has 1 aromatic rings. The summed E-state index contributed by atoms with van der Waals surface area (Å²) in [4.78, 5) is 12.2. The first kappa shape index (κ1) is 19.1. The van der Waals surface area contributed by atoms with Crippen molar-refractivity contribution in [2.75, 3.05) is 25.5 Å². The number of carbonyl (C=O) groups is 1. The Kier molecular flexibility index (Phi) is 8.01. The van der Waals surface area contributed by atoms with Crippen LogP contribution in [-0.2, 0) is 4.79 Å². The third kappa shape index (κ3) is 5.34. The van der Waals surface area contributed by atoms with Crippen LogP contribution in [0.25, 0.3) is 0 Å². The third-order valence-corrected chi connectivity index (χ3v) is 4.37. The summed E-state index contributed by atoms with van der Waals surface area (Å²) < 4.78 is 5.24. The van der Waals surface area contributed by atoms with Crippen molar-refractivity contribution in [3.05, 3.63) is 23.2 Å². The Morgan fingerprint density at radius 1 is 1.45 bits per heavy atom. The zero-order valence-corrected chi connectivity index (χ0v) is 14.6. The summed E-state index contributed by atoms with van der Waals surface area (Å²) in [6.45, 7) is 4.27. The van der Waals surface area contributed by atoms with Crippen LogP contribution in [-0.4, -0.2) is 26.1 Å². The average molecular weight is 347 g/mol. The van der Waals surface area contributed by atoms with Gasteiger partial charge in [0, 0.05) is 11.4 Å². The quantitative estimate of drug-likeness (QED) is 0.853. The second kappa shape index (κ2) is 9.23. The van der Waals surface area contributed by atoms with Gasteiger partial charge in [-0.15, -0.1) is 12.4 Å². The normalized spacial score (nSPS) is 16.5. The molecule has 1 aliphatic heterocycles. The number of hydrogen-bond donors (Lipinski definition) is 2. The van der Waals surface area contributed by atoms with Crippen molar-refractivity contribution in [1.29, 1.82) is 0 Å². The van der Waals surface area contributed by atoms with Crippen molar-refractivity contribution in [2.45, 2.75) is 26.2 Å². The van der Waals surface area contributed by atoms with Crippen molar-refractivity contribution in [3.8, 4) is 5.75 Å². The summed E-state index contributed by atoms with van der Waals surface area (Å²) in [6.07, 6.45) is 2.82. The molecule has 1 aliphatic rings. The van der Waals surface area contributed by atoms with E-state index in [1.807, 2.05) is 0 Å². The maximum absolute atomic E-state index is 12.2. The van der Waals surface area contributed by atoms with Crippen LogP contribution in [0.5, 0.6) is 5.75 Å². The van der Waals surface area contributed by atoms with Gasteiger partial charge in [-0.2, -0.15) is 0 Å². The van der Waals surface area contributed by atoms with Gasteiger partial charge in [0.1, 0.15) is 5.75 Å². The number of nitrogens with one attached hydrogen (secondary N) is 2. The van der Waals surface area contributed by atoms with Crippen LogP contribution < -0.4 is 15.4 Å². The average Bonchev–Trinajstić information content (AvgIpc) is 2.48. The molecule has 1 aromatic carbocycles. The van der Waals surface area contributed by atoms with E-state index in [-0.39, 0.29) is 18.3 Å². The summed E-state index contributed by atoms with van der Waals surface area (Å²) in [5.41, 5.74) is 0.632. The van der Waals surface area contributed by atoms with Gasteiger partial charge < -0.3 is 15.4 Å². The van der Waals surface area contributed by atoms with E-state index in [0.29, 0.717) is 34.7 Å². The fourth-order valence-corrected chi connectivity index (χ4v) is 3.02. The first-order chi connectivity index (χ1) is 10.1. The molecule has 6 heteroatoms. The number of hydrogen-bond acceptors (Lipinski definition) is 3. The second-order valence-electron chi connectivity index (χ2n) is 5.66. The van der Waals surface area contributed by atoms with Crippen molar-refractivity contribution in [2.24, 2.45) is 11.8 Å². The van der Waals surface area contributed by atoms with Crippen LogP contribution in [0.2, 0.25) is 5.02 Å². The van der Waals surface area contributed by atoms with Gasteiger partial charge >= 0.3 is 0 Å². The van der Waals surface area contributed by atoms with E-state index in [2.05, 4.69) is 17.6 Å². The number of carbonyl (C=O) groups excluding carboxylic acids is 1. The molecule has 2 rings (SSSR count). The summed E-state index contributed by atoms with van der Waals surface area (Å²) in [6, 6.07) is 5.22. The van der Waals surface area contributed by atoms with Crippen molar-refractivity contribution in [1.82, 2.24) is 5.32 Å². The summed E-state index contributed by atoms with van der Waals surface area (Å²) in [7, 11) is 1.58. The van der Waals surface area contributed by atoms with Crippen LogP contribution in [0.15, 0.2) is 18.2 Å². The molecule has 0 aliphatic carbocycles. The van der Waals surface area contributed by atoms with E-state index in [9.17, 15) is 4.79 Å². The third-order valence-electron chi connectivity index (χ3n) is 4.13. The number of methoxy groups -OCH3 is 1. The van der Waals surface area contributed by atoms with E-state index in [0.717, 1.165) is 25.9 Å². The molecule has 0 saturated carbocycles. The molecule has 22 heavy (non-hydrogen) atoms. The first-order valence-electron chi connectivity index (χ1n) is 7.44. The molecular formula is C16H24Cl2N2O2. The van der Waals surface area contributed by atoms with Gasteiger partial charge in [0.15, 0.2) is 0 Å². The monoisotopic (exact) mass is 346 g/mol. The zero-order chi connectivity index (χ0) is 15.2. The van der Waals surface area contributed by atoms with Gasteiger partial charge in [-0.25, -0.2) is 0 Å². The highest BCUT2D eigenvalue weighted by Crippen LogP contribution is 2.29. The van der Waals surface area contributed by atoms with Crippen molar-refractivity contribution in [3.63, 3.8) is 0 Å². The number of piperidine rings is 1. The van der Waals surface area contributed by atoms with Gasteiger partial charge in [0.05, 0.1) is 12.8 Å². The molecule has 1 amide bonds. The summed E-state index contributed by atoms with van der Waals surface area (Å²) >= 11 is 5.97. The first-order valence-corrected chi connectivity index (χ1v) is 7.82. The molecule has 0 aromatic heterocycles. The topological polar surface area (TPSA) is 50.4 Å². The lowest BCUT2D eigenvalue weighted by Gasteiger charge is -2.27. The lowest BCUT2D eigenvalue weighted by molar-refractivity contribution is -0.117. The summed E-state index contributed by atoms with van der Waals surface area (Å²) in [5, 5.41) is 6.84. The predicted octanol–water partition coefficient (Wildman–Crippen LogP) is 3.73. The number of amides is 1. The number of anilines is 1. The highest BCUT2D eigenvalue weighted by atomic mass is 35.5. The van der Waals surface area contributed by atoms with Crippen molar-refractivity contribution < 1.29 is 9.53 Å². The maximum atomic E-state index is 12.2. The largest absolute Gasteiger partial charge is 0.495 e. The molecule has 1 atom stereocenters. The van der Waals surface area contributed by atoms with E-state index >= 15 is 0 Å². The summed E-state index contributed by atoms with van der Waals surface area (Å²) in [5.74, 6) is 1.65. The highest BCUT2D eigenvalue weighted by molar-refractivity contribution is 6.31. The minimum absolute atomic E-state index is 0. The molecule has 0 bridgehead atoms. The van der Waals surface area contributed by atoms with Gasteiger partial charge in [-0.05, 0) is 56.0 Å². The van der Waals surface area contributed by atoms with E-state index in [4.69, 9.17) is 16.3 Å². The lowest BCUT2D eigenvalue weighted by Crippen LogP contribution is -2.32. The molecule has 1 fully saturated rings. The zero-order valence-electron chi connectivity index (χ0n) is 13.0. The van der Waals surface area contributed by atoms with Crippen LogP contribution in [0, 0.1) is 11.8 Å². The minimum atomic E-state index is 0. The highest BCUT2D eigenvalue weighted by Gasteiger charge is 2.22. The van der Waals surface area contributed by atoms with Crippen LogP contribution >= 0.6 is 24.0 Å². The second-order valence-corrected chi connectivity index (χ2v) is 6.10. The molecule has 1 saturated heterocycles. The minimum Gasteiger partial charge on any atom is -0.495 e. The molecule has 1 heterocycles. The molecule has 1 unspecified atom stereocenters. The van der Waals surface area contributed by atoms with Crippen LogP contribution in [0.3, 0.4) is 0 Å². The SMILES string of the molecule is COc1ccc(Cl)cc1NC(=O)CC(C)C1CCNCC1.Cl. The molecule has 124 valence electrons. The Bertz CT molecular complexity index is 491. The van der Waals surface area contributed by atoms with E-state index < -0.39 is 0 Å². The Morgan fingerprint density at radius 2 is 2.14 bits per heavy atom. The van der Waals surface area contributed by atoms with Gasteiger partial charge in [0.25, 0.3) is 0 Å². The smallest absolute Gasteiger partial charge is 0.224 e. The van der Waals surface area contributed by atoms with E-state index in [1.165, 1.54) is 0 Å². The van der Waals surface area contributed by atoms with Gasteiger partial charge in [-0.3, -0.25) is 4.79 Å². The van der Waals surface area contributed by atoms with Crippen LogP contribution in [0.1, 0.15) is 26.2 Å². The predicted molar refractivity (Wildman–Crippen MR) is 93.3 cm³/mol. The Balaban J connectivity index is 0.00000242. The fourth-order valence-electron chi connectivity index (χ4n) is 2.85. The number of ether oxygens (including phenoxy) is 1. The van der Waals surface area contributed by atoms with Crippen LogP contribution in [0.4, 0.5) is 5.69 Å². The Labute approximate surface area is 143 Å². The molecule has 2 N–H and O–H groups in total. The number of halogens is 2. The van der Waals surface area contributed by atoms with E-state index in [1.54, 1.807) is 25.3 Å². The van der Waals surface area contributed by atoms with Gasteiger partial charge in [0.2, 0.25) is 5.91 Å².